The molecule has 3 amide bonds. The van der Waals surface area contributed by atoms with Crippen LogP contribution in [0.2, 0.25) is 0 Å². The molecule has 2 aromatic rings. The zero-order valence-corrected chi connectivity index (χ0v) is 16.9. The fourth-order valence-electron chi connectivity index (χ4n) is 2.84. The summed E-state index contributed by atoms with van der Waals surface area (Å²) in [5.74, 6) is -2.21. The Hall–Kier alpha value is -3.62. The lowest BCUT2D eigenvalue weighted by Crippen LogP contribution is -2.37. The topological polar surface area (TPSA) is 127 Å². The van der Waals surface area contributed by atoms with Crippen LogP contribution in [0.3, 0.4) is 0 Å². The molecular weight excluding hydrogens is 378 g/mol. The average molecular weight is 401 g/mol. The number of aryl methyl sites for hydroxylation is 3. The number of urea groups is 1. The molecule has 154 valence electrons. The van der Waals surface area contributed by atoms with Gasteiger partial charge in [-0.25, -0.2) is 14.4 Å². The highest BCUT2D eigenvalue weighted by molar-refractivity contribution is 6.03. The zero-order chi connectivity index (χ0) is 21.7. The number of hydrogen-bond acceptors (Lipinski definition) is 6. The zero-order valence-electron chi connectivity index (χ0n) is 16.9. The molecule has 0 spiro atoms. The Morgan fingerprint density at radius 2 is 1.72 bits per heavy atom. The fraction of sp³-hybridized carbons (Fsp3) is 0.300. The van der Waals surface area contributed by atoms with Gasteiger partial charge in [0.2, 0.25) is 0 Å². The highest BCUT2D eigenvalue weighted by atomic mass is 16.5. The van der Waals surface area contributed by atoms with Gasteiger partial charge in [-0.15, -0.1) is 0 Å². The number of esters is 2. The maximum Gasteiger partial charge on any atom is 0.355 e. The first-order valence-corrected chi connectivity index (χ1v) is 8.76. The van der Waals surface area contributed by atoms with Crippen LogP contribution in [0.15, 0.2) is 18.2 Å². The minimum atomic E-state index is -0.828. The Morgan fingerprint density at radius 3 is 2.34 bits per heavy atom. The van der Waals surface area contributed by atoms with Crippen LogP contribution < -0.4 is 10.6 Å². The number of H-pyrrole nitrogens is 1. The largest absolute Gasteiger partial charge is 0.465 e. The molecule has 2 rings (SSSR count). The molecule has 29 heavy (non-hydrogen) atoms. The standard InChI is InChI=1S/C20H23N3O6/c1-10-6-7-14(11(2)8-10)22-20(27)23-15(24)9-29-19(26)17-12(3)16(13(4)21-17)18(25)28-5/h6-8,21H,9H2,1-5H3,(H2,22,23,24,27). The van der Waals surface area contributed by atoms with Gasteiger partial charge in [0.1, 0.15) is 5.69 Å². The van der Waals surface area contributed by atoms with Gasteiger partial charge >= 0.3 is 18.0 Å². The van der Waals surface area contributed by atoms with Crippen molar-refractivity contribution in [3.63, 3.8) is 0 Å². The van der Waals surface area contributed by atoms with Gasteiger partial charge < -0.3 is 19.8 Å². The lowest BCUT2D eigenvalue weighted by atomic mass is 10.1. The summed E-state index contributed by atoms with van der Waals surface area (Å²) < 4.78 is 9.61. The van der Waals surface area contributed by atoms with Gasteiger partial charge in [-0.1, -0.05) is 17.7 Å². The summed E-state index contributed by atoms with van der Waals surface area (Å²) in [6.07, 6.45) is 0. The minimum absolute atomic E-state index is 0.0374. The van der Waals surface area contributed by atoms with Gasteiger partial charge in [0, 0.05) is 11.4 Å². The molecule has 9 heteroatoms. The molecule has 0 unspecified atom stereocenters. The van der Waals surface area contributed by atoms with E-state index in [2.05, 4.69) is 20.4 Å². The first-order valence-electron chi connectivity index (χ1n) is 8.76. The van der Waals surface area contributed by atoms with Crippen LogP contribution in [0.5, 0.6) is 0 Å². The number of amides is 3. The predicted octanol–water partition coefficient (Wildman–Crippen LogP) is 2.54. The summed E-state index contributed by atoms with van der Waals surface area (Å²) in [4.78, 5) is 50.6. The summed E-state index contributed by atoms with van der Waals surface area (Å²) in [6, 6.07) is 4.71. The van der Waals surface area contributed by atoms with Gasteiger partial charge in [-0.2, -0.15) is 0 Å². The Kier molecular flexibility index (Phi) is 6.76. The lowest BCUT2D eigenvalue weighted by molar-refractivity contribution is -0.123. The van der Waals surface area contributed by atoms with Crippen LogP contribution >= 0.6 is 0 Å². The van der Waals surface area contributed by atoms with E-state index in [0.29, 0.717) is 16.9 Å². The lowest BCUT2D eigenvalue weighted by Gasteiger charge is -2.10. The van der Waals surface area contributed by atoms with E-state index in [1.54, 1.807) is 19.9 Å². The smallest absolute Gasteiger partial charge is 0.355 e. The molecule has 1 heterocycles. The van der Waals surface area contributed by atoms with Crippen molar-refractivity contribution in [2.24, 2.45) is 0 Å². The maximum atomic E-state index is 12.2. The number of methoxy groups -OCH3 is 1. The SMILES string of the molecule is COC(=O)c1c(C)[nH]c(C(=O)OCC(=O)NC(=O)Nc2ccc(C)cc2C)c1C. The second kappa shape index (κ2) is 9.05. The van der Waals surface area contributed by atoms with E-state index < -0.39 is 30.5 Å². The average Bonchev–Trinajstić information content (AvgIpc) is 2.95. The van der Waals surface area contributed by atoms with Crippen molar-refractivity contribution in [2.45, 2.75) is 27.7 Å². The second-order valence-electron chi connectivity index (χ2n) is 6.51. The summed E-state index contributed by atoms with van der Waals surface area (Å²) >= 11 is 0. The van der Waals surface area contributed by atoms with Gasteiger partial charge in [-0.3, -0.25) is 10.1 Å². The molecule has 0 aliphatic rings. The molecule has 0 saturated carbocycles. The summed E-state index contributed by atoms with van der Waals surface area (Å²) in [7, 11) is 1.24. The summed E-state index contributed by atoms with van der Waals surface area (Å²) in [5, 5.41) is 4.64. The van der Waals surface area contributed by atoms with Crippen LogP contribution in [0.4, 0.5) is 10.5 Å². The number of hydrogen-bond donors (Lipinski definition) is 3. The van der Waals surface area contributed by atoms with E-state index in [1.165, 1.54) is 7.11 Å². The van der Waals surface area contributed by atoms with Crippen LogP contribution in [-0.2, 0) is 14.3 Å². The molecule has 0 fully saturated rings. The van der Waals surface area contributed by atoms with Crippen LogP contribution in [0.1, 0.15) is 43.2 Å². The minimum Gasteiger partial charge on any atom is -0.465 e. The van der Waals surface area contributed by atoms with Crippen molar-refractivity contribution < 1.29 is 28.7 Å². The van der Waals surface area contributed by atoms with Crippen molar-refractivity contribution >= 4 is 29.6 Å². The Balaban J connectivity index is 1.93. The van der Waals surface area contributed by atoms with Crippen molar-refractivity contribution in [1.82, 2.24) is 10.3 Å². The van der Waals surface area contributed by atoms with Crippen LogP contribution in [0, 0.1) is 27.7 Å². The van der Waals surface area contributed by atoms with Gasteiger partial charge in [-0.05, 0) is 44.9 Å². The third-order valence-corrected chi connectivity index (χ3v) is 4.25. The molecule has 0 bridgehead atoms. The van der Waals surface area contributed by atoms with Crippen molar-refractivity contribution in [3.05, 3.63) is 51.8 Å². The first kappa shape index (κ1) is 21.7. The van der Waals surface area contributed by atoms with Crippen molar-refractivity contribution in [3.8, 4) is 0 Å². The Labute approximate surface area is 167 Å². The molecule has 0 saturated heterocycles. The molecule has 0 aliphatic heterocycles. The number of benzene rings is 1. The fourth-order valence-corrected chi connectivity index (χ4v) is 2.84. The van der Waals surface area contributed by atoms with E-state index in [9.17, 15) is 19.2 Å². The number of nitrogens with one attached hydrogen (secondary N) is 3. The van der Waals surface area contributed by atoms with E-state index in [0.717, 1.165) is 11.1 Å². The molecule has 9 nitrogen and oxygen atoms in total. The number of aromatic nitrogens is 1. The number of carbonyl (C=O) groups is 4. The maximum absolute atomic E-state index is 12.2. The van der Waals surface area contributed by atoms with Crippen molar-refractivity contribution in [1.29, 1.82) is 0 Å². The van der Waals surface area contributed by atoms with Gasteiger partial charge in [0.05, 0.1) is 12.7 Å². The van der Waals surface area contributed by atoms with E-state index >= 15 is 0 Å². The van der Waals surface area contributed by atoms with Crippen LogP contribution in [-0.4, -0.2) is 42.6 Å². The second-order valence-corrected chi connectivity index (χ2v) is 6.51. The van der Waals surface area contributed by atoms with Crippen molar-refractivity contribution in [2.75, 3.05) is 19.0 Å². The van der Waals surface area contributed by atoms with E-state index in [-0.39, 0.29) is 11.3 Å². The quantitative estimate of drug-likeness (QED) is 0.661. The molecule has 0 aliphatic carbocycles. The number of imide groups is 1. The summed E-state index contributed by atoms with van der Waals surface area (Å²) in [5.41, 5.74) is 3.52. The number of rotatable bonds is 5. The monoisotopic (exact) mass is 401 g/mol. The third-order valence-electron chi connectivity index (χ3n) is 4.25. The number of anilines is 1. The molecule has 0 atom stereocenters. The number of ether oxygens (including phenoxy) is 2. The third kappa shape index (κ3) is 5.22. The van der Waals surface area contributed by atoms with Gasteiger partial charge in [0.25, 0.3) is 5.91 Å². The number of aromatic amines is 1. The molecule has 1 aromatic carbocycles. The molecular formula is C20H23N3O6. The van der Waals surface area contributed by atoms with E-state index in [4.69, 9.17) is 4.74 Å². The Morgan fingerprint density at radius 1 is 1.03 bits per heavy atom. The predicted molar refractivity (Wildman–Crippen MR) is 105 cm³/mol. The summed E-state index contributed by atoms with van der Waals surface area (Å²) in [6.45, 7) is 6.26. The van der Waals surface area contributed by atoms with Crippen LogP contribution in [0.25, 0.3) is 0 Å². The van der Waals surface area contributed by atoms with Gasteiger partial charge in [0.15, 0.2) is 6.61 Å². The first-order chi connectivity index (χ1) is 13.6. The Bertz CT molecular complexity index is 977. The number of carbonyl (C=O) groups excluding carboxylic acids is 4. The normalized spacial score (nSPS) is 10.2. The van der Waals surface area contributed by atoms with E-state index in [1.807, 2.05) is 26.0 Å². The highest BCUT2D eigenvalue weighted by Crippen LogP contribution is 2.19. The molecule has 0 radical (unpaired) electrons. The molecule has 3 N–H and O–H groups in total. The molecule has 1 aromatic heterocycles. The highest BCUT2D eigenvalue weighted by Gasteiger charge is 2.24.